The van der Waals surface area contributed by atoms with Crippen LogP contribution in [-0.2, 0) is 0 Å². The maximum Gasteiger partial charge on any atom is 0.286 e. The molecule has 10 nitrogen and oxygen atoms in total. The standard InChI is InChI=1S/C7H9N5.C7H6N5/c1-2-4-8-5(3-1)12-7-6(11-12)9-10-7;1-2-4-8-7(3-1)12-6-10-9-5-11-12/h1-4,6-7,9-11H;1-6H/q;+1. The predicted octanol–water partition coefficient (Wildman–Crippen LogP) is -1.29. The van der Waals surface area contributed by atoms with Gasteiger partial charge >= 0.3 is 0 Å². The van der Waals surface area contributed by atoms with Crippen LogP contribution in [0.1, 0.15) is 0 Å². The van der Waals surface area contributed by atoms with Crippen molar-refractivity contribution in [2.45, 2.75) is 12.3 Å². The third kappa shape index (κ3) is 2.88. The van der Waals surface area contributed by atoms with Crippen LogP contribution in [0, 0.1) is 0 Å². The fourth-order valence-corrected chi connectivity index (χ4v) is 2.24. The highest BCUT2D eigenvalue weighted by Crippen LogP contribution is 2.21. The lowest BCUT2D eigenvalue weighted by molar-refractivity contribution is -0.667. The molecule has 3 aromatic rings. The zero-order valence-corrected chi connectivity index (χ0v) is 12.6. The van der Waals surface area contributed by atoms with Gasteiger partial charge in [-0.05, 0) is 18.2 Å². The van der Waals surface area contributed by atoms with E-state index in [4.69, 9.17) is 0 Å². The highest BCUT2D eigenvalue weighted by atomic mass is 15.8. The molecule has 0 aromatic carbocycles. The molecule has 0 spiro atoms. The second kappa shape index (κ2) is 6.58. The minimum Gasteiger partial charge on any atom is -0.269 e. The van der Waals surface area contributed by atoms with E-state index in [0.717, 1.165) is 11.6 Å². The van der Waals surface area contributed by atoms with Crippen LogP contribution in [0.15, 0.2) is 61.4 Å². The molecule has 2 aliphatic rings. The van der Waals surface area contributed by atoms with Gasteiger partial charge < -0.3 is 0 Å². The fraction of sp³-hybridized carbons (Fsp3) is 0.143. The Bertz CT molecular complexity index is 732. The van der Waals surface area contributed by atoms with Crippen LogP contribution in [0.4, 0.5) is 5.82 Å². The van der Waals surface area contributed by atoms with Crippen molar-refractivity contribution in [3.05, 3.63) is 61.4 Å². The molecule has 2 unspecified atom stereocenters. The van der Waals surface area contributed by atoms with Crippen molar-refractivity contribution in [3.8, 4) is 5.82 Å². The zero-order valence-electron chi connectivity index (χ0n) is 12.6. The van der Waals surface area contributed by atoms with Crippen LogP contribution in [0.2, 0.25) is 0 Å². The molecule has 10 heteroatoms. The molecule has 3 aromatic heterocycles. The molecule has 5 heterocycles. The van der Waals surface area contributed by atoms with E-state index in [0.29, 0.717) is 12.3 Å². The van der Waals surface area contributed by atoms with E-state index in [-0.39, 0.29) is 0 Å². The first-order valence-corrected chi connectivity index (χ1v) is 7.35. The van der Waals surface area contributed by atoms with Crippen molar-refractivity contribution < 1.29 is 4.68 Å². The van der Waals surface area contributed by atoms with Crippen LogP contribution < -0.4 is 26.0 Å². The van der Waals surface area contributed by atoms with Gasteiger partial charge in [0.05, 0.1) is 0 Å². The second-order valence-corrected chi connectivity index (χ2v) is 5.01. The Hall–Kier alpha value is -3.08. The van der Waals surface area contributed by atoms with E-state index in [9.17, 15) is 0 Å². The minimum absolute atomic E-state index is 0.361. The van der Waals surface area contributed by atoms with Crippen LogP contribution in [0.3, 0.4) is 0 Å². The summed E-state index contributed by atoms with van der Waals surface area (Å²) in [7, 11) is 0. The Morgan fingerprint density at radius 3 is 2.38 bits per heavy atom. The lowest BCUT2D eigenvalue weighted by atomic mass is 10.2. The Balaban J connectivity index is 0.000000121. The SMILES string of the molecule is c1ccc(-[n+]2cnncn2)nc1.c1ccc(N2NC3NNC32)nc1. The molecule has 0 amide bonds. The molecule has 2 atom stereocenters. The lowest BCUT2D eigenvalue weighted by Crippen LogP contribution is -2.91. The number of nitrogens with zero attached hydrogens (tertiary/aromatic N) is 7. The smallest absolute Gasteiger partial charge is 0.269 e. The summed E-state index contributed by atoms with van der Waals surface area (Å²) in [5.41, 5.74) is 9.27. The third-order valence-electron chi connectivity index (χ3n) is 3.49. The third-order valence-corrected chi connectivity index (χ3v) is 3.49. The fourth-order valence-electron chi connectivity index (χ4n) is 2.24. The summed E-state index contributed by atoms with van der Waals surface area (Å²) < 4.78 is 1.55. The van der Waals surface area contributed by atoms with E-state index in [1.807, 2.05) is 41.4 Å². The molecule has 0 radical (unpaired) electrons. The van der Waals surface area contributed by atoms with Crippen molar-refractivity contribution in [1.29, 1.82) is 0 Å². The summed E-state index contributed by atoms with van der Waals surface area (Å²) >= 11 is 0. The number of rotatable bonds is 2. The number of hydrazine groups is 2. The molecule has 0 aliphatic carbocycles. The normalized spacial score (nSPS) is 20.8. The minimum atomic E-state index is 0.361. The summed E-state index contributed by atoms with van der Waals surface area (Å²) in [6.07, 6.45) is 7.10. The van der Waals surface area contributed by atoms with Crippen molar-refractivity contribution in [3.63, 3.8) is 0 Å². The average molecular weight is 323 g/mol. The Morgan fingerprint density at radius 1 is 0.958 bits per heavy atom. The zero-order chi connectivity index (χ0) is 16.2. The summed E-state index contributed by atoms with van der Waals surface area (Å²) in [6, 6.07) is 11.4. The van der Waals surface area contributed by atoms with Gasteiger partial charge in [-0.3, -0.25) is 5.01 Å². The van der Waals surface area contributed by atoms with Gasteiger partial charge in [-0.25, -0.2) is 21.3 Å². The first-order chi connectivity index (χ1) is 11.9. The topological polar surface area (TPSA) is 108 Å². The van der Waals surface area contributed by atoms with Gasteiger partial charge in [-0.1, -0.05) is 22.3 Å². The van der Waals surface area contributed by atoms with Gasteiger partial charge in [0.25, 0.3) is 12.1 Å². The van der Waals surface area contributed by atoms with Gasteiger partial charge in [-0.2, -0.15) is 0 Å². The van der Waals surface area contributed by atoms with Crippen LogP contribution >= 0.6 is 0 Å². The summed E-state index contributed by atoms with van der Waals surface area (Å²) in [6.45, 7) is 0. The summed E-state index contributed by atoms with van der Waals surface area (Å²) in [4.78, 5) is 8.30. The molecule has 0 bridgehead atoms. The molecular formula is C14H15N10+. The highest BCUT2D eigenvalue weighted by molar-refractivity contribution is 5.42. The molecule has 2 fully saturated rings. The number of hydrogen-bond acceptors (Lipinski definition) is 9. The van der Waals surface area contributed by atoms with Crippen molar-refractivity contribution >= 4 is 5.82 Å². The monoisotopic (exact) mass is 323 g/mol. The van der Waals surface area contributed by atoms with Crippen molar-refractivity contribution in [2.75, 3.05) is 5.01 Å². The van der Waals surface area contributed by atoms with Crippen LogP contribution in [0.25, 0.3) is 5.82 Å². The van der Waals surface area contributed by atoms with Crippen LogP contribution in [0.5, 0.6) is 0 Å². The van der Waals surface area contributed by atoms with Crippen molar-refractivity contribution in [2.24, 2.45) is 0 Å². The number of pyridine rings is 2. The Kier molecular flexibility index (Phi) is 3.98. The molecule has 2 saturated heterocycles. The number of fused-ring (bicyclic) bond motifs is 1. The highest BCUT2D eigenvalue weighted by Gasteiger charge is 2.46. The van der Waals surface area contributed by atoms with E-state index in [2.05, 4.69) is 41.5 Å². The number of nitrogens with one attached hydrogen (secondary N) is 3. The van der Waals surface area contributed by atoms with Crippen LogP contribution in [-0.4, -0.2) is 37.6 Å². The van der Waals surface area contributed by atoms with E-state index in [1.54, 1.807) is 17.1 Å². The molecular weight excluding hydrogens is 308 g/mol. The maximum atomic E-state index is 4.22. The van der Waals surface area contributed by atoms with Gasteiger partial charge in [0, 0.05) is 17.4 Å². The van der Waals surface area contributed by atoms with E-state index in [1.165, 1.54) is 12.7 Å². The molecule has 2 aliphatic heterocycles. The van der Waals surface area contributed by atoms with E-state index < -0.39 is 0 Å². The summed E-state index contributed by atoms with van der Waals surface area (Å²) in [5, 5.41) is 13.2. The summed E-state index contributed by atoms with van der Waals surface area (Å²) in [5.74, 6) is 1.68. The van der Waals surface area contributed by atoms with Gasteiger partial charge in [-0.15, -0.1) is 9.67 Å². The molecule has 0 saturated carbocycles. The van der Waals surface area contributed by atoms with Gasteiger partial charge in [0.2, 0.25) is 0 Å². The van der Waals surface area contributed by atoms with Crippen molar-refractivity contribution in [1.82, 2.24) is 41.5 Å². The number of aromatic nitrogens is 6. The molecule has 5 rings (SSSR count). The average Bonchev–Trinajstić information content (AvgIpc) is 2.67. The maximum absolute atomic E-state index is 4.22. The first-order valence-electron chi connectivity index (χ1n) is 7.35. The Morgan fingerprint density at radius 2 is 1.83 bits per heavy atom. The number of anilines is 1. The van der Waals surface area contributed by atoms with E-state index >= 15 is 0 Å². The predicted molar refractivity (Wildman–Crippen MR) is 82.9 cm³/mol. The second-order valence-electron chi connectivity index (χ2n) is 5.01. The van der Waals surface area contributed by atoms with Gasteiger partial charge in [0.15, 0.2) is 6.33 Å². The first kappa shape index (κ1) is 14.5. The number of hydrogen-bond donors (Lipinski definition) is 3. The molecule has 120 valence electrons. The lowest BCUT2D eigenvalue weighted by Gasteiger charge is -2.56. The molecule has 24 heavy (non-hydrogen) atoms. The molecule has 3 N–H and O–H groups in total. The quantitative estimate of drug-likeness (QED) is 0.496. The Labute approximate surface area is 137 Å². The largest absolute Gasteiger partial charge is 0.286 e. The van der Waals surface area contributed by atoms with Gasteiger partial charge in [0.1, 0.15) is 24.3 Å².